The van der Waals surface area contributed by atoms with Crippen molar-refractivity contribution in [1.82, 2.24) is 14.8 Å². The van der Waals surface area contributed by atoms with E-state index < -0.39 is 0 Å². The van der Waals surface area contributed by atoms with Gasteiger partial charge >= 0.3 is 0 Å². The molecule has 6 heteroatoms. The quantitative estimate of drug-likeness (QED) is 0.824. The molecule has 2 rings (SSSR count). The Hall–Kier alpha value is -0.490. The van der Waals surface area contributed by atoms with Gasteiger partial charge in [-0.3, -0.25) is 4.57 Å². The molecule has 0 radical (unpaired) electrons. The normalized spacial score (nSPS) is 20.8. The Kier molecular flexibility index (Phi) is 3.35. The summed E-state index contributed by atoms with van der Waals surface area (Å²) in [7, 11) is 2.10. The van der Waals surface area contributed by atoms with E-state index in [0.29, 0.717) is 10.8 Å². The summed E-state index contributed by atoms with van der Waals surface area (Å²) in [6.07, 6.45) is 1.24. The van der Waals surface area contributed by atoms with Gasteiger partial charge in [0.25, 0.3) is 0 Å². The number of thioether (sulfide) groups is 1. The molecule has 1 aromatic heterocycles. The Morgan fingerprint density at radius 3 is 3.13 bits per heavy atom. The largest absolute Gasteiger partial charge is 0.340 e. The number of hydrogen-bond acceptors (Lipinski definition) is 4. The summed E-state index contributed by atoms with van der Waals surface area (Å²) in [5.74, 6) is 3.42. The Morgan fingerprint density at radius 1 is 1.73 bits per heavy atom. The van der Waals surface area contributed by atoms with Crippen molar-refractivity contribution in [3.8, 4) is 0 Å². The lowest BCUT2D eigenvalue weighted by Crippen LogP contribution is -2.33. The lowest BCUT2D eigenvalue weighted by Gasteiger charge is -2.24. The van der Waals surface area contributed by atoms with E-state index >= 15 is 0 Å². The molecule has 0 aromatic carbocycles. The van der Waals surface area contributed by atoms with Crippen LogP contribution in [-0.4, -0.2) is 39.4 Å². The van der Waals surface area contributed by atoms with Gasteiger partial charge in [0.1, 0.15) is 0 Å². The molecule has 1 N–H and O–H groups in total. The van der Waals surface area contributed by atoms with Crippen LogP contribution in [0.2, 0.25) is 0 Å². The molecule has 0 aliphatic carbocycles. The molecule has 0 saturated carbocycles. The van der Waals surface area contributed by atoms with Crippen LogP contribution in [-0.2, 0) is 6.54 Å². The summed E-state index contributed by atoms with van der Waals surface area (Å²) in [6.45, 7) is 2.96. The van der Waals surface area contributed by atoms with E-state index in [0.717, 1.165) is 12.5 Å². The minimum absolute atomic E-state index is 0.602. The molecular weight excluding hydrogens is 228 g/mol. The Labute approximate surface area is 99.0 Å². The highest BCUT2D eigenvalue weighted by molar-refractivity contribution is 7.99. The summed E-state index contributed by atoms with van der Waals surface area (Å²) in [5, 5.41) is 7.15. The Morgan fingerprint density at radius 2 is 2.53 bits per heavy atom. The van der Waals surface area contributed by atoms with E-state index in [2.05, 4.69) is 29.1 Å². The molecular formula is C9H16N4S2. The van der Waals surface area contributed by atoms with Crippen molar-refractivity contribution in [2.45, 2.75) is 25.9 Å². The van der Waals surface area contributed by atoms with E-state index in [4.69, 9.17) is 12.2 Å². The number of hydrogen-bond donors (Lipinski definition) is 1. The number of nitrogens with one attached hydrogen (secondary N) is 1. The van der Waals surface area contributed by atoms with E-state index in [1.807, 2.05) is 16.3 Å². The third-order valence-corrected chi connectivity index (χ3v) is 4.28. The van der Waals surface area contributed by atoms with Gasteiger partial charge in [0.15, 0.2) is 4.77 Å². The highest BCUT2D eigenvalue weighted by Crippen LogP contribution is 2.24. The van der Waals surface area contributed by atoms with Crippen LogP contribution in [0.3, 0.4) is 0 Å². The maximum absolute atomic E-state index is 5.18. The molecule has 0 bridgehead atoms. The third kappa shape index (κ3) is 2.06. The summed E-state index contributed by atoms with van der Waals surface area (Å²) >= 11 is 7.19. The van der Waals surface area contributed by atoms with Gasteiger partial charge in [0.05, 0.1) is 0 Å². The average molecular weight is 244 g/mol. The number of anilines is 1. The summed E-state index contributed by atoms with van der Waals surface area (Å²) in [6, 6.07) is 0.602. The van der Waals surface area contributed by atoms with Crippen LogP contribution in [0.1, 0.15) is 13.3 Å². The van der Waals surface area contributed by atoms with Crippen molar-refractivity contribution < 1.29 is 0 Å². The number of rotatable bonds is 3. The second kappa shape index (κ2) is 4.57. The minimum Gasteiger partial charge on any atom is -0.340 e. The zero-order valence-corrected chi connectivity index (χ0v) is 10.7. The molecule has 1 aromatic rings. The van der Waals surface area contributed by atoms with Crippen LogP contribution < -0.4 is 4.90 Å². The second-order valence-electron chi connectivity index (χ2n) is 3.70. The van der Waals surface area contributed by atoms with Crippen molar-refractivity contribution >= 4 is 29.9 Å². The average Bonchev–Trinajstić information content (AvgIpc) is 2.85. The topological polar surface area (TPSA) is 36.9 Å². The molecule has 4 nitrogen and oxygen atoms in total. The zero-order valence-electron chi connectivity index (χ0n) is 9.06. The van der Waals surface area contributed by atoms with Crippen LogP contribution in [0.25, 0.3) is 0 Å². The first-order chi connectivity index (χ1) is 7.24. The van der Waals surface area contributed by atoms with Gasteiger partial charge in [-0.1, -0.05) is 0 Å². The number of nitrogens with zero attached hydrogens (tertiary/aromatic N) is 3. The first kappa shape index (κ1) is 11.0. The monoisotopic (exact) mass is 244 g/mol. The number of aromatic nitrogens is 3. The predicted octanol–water partition coefficient (Wildman–Crippen LogP) is 1.90. The number of aromatic amines is 1. The summed E-state index contributed by atoms with van der Waals surface area (Å²) in [4.78, 5) is 2.25. The molecule has 15 heavy (non-hydrogen) atoms. The maximum atomic E-state index is 5.18. The molecule has 1 fully saturated rings. The molecule has 2 heterocycles. The van der Waals surface area contributed by atoms with Crippen molar-refractivity contribution in [3.05, 3.63) is 4.77 Å². The van der Waals surface area contributed by atoms with E-state index in [1.165, 1.54) is 17.9 Å². The Bertz CT molecular complexity index is 378. The molecule has 1 unspecified atom stereocenters. The fourth-order valence-electron chi connectivity index (χ4n) is 1.85. The standard InChI is InChI=1S/C9H16N4S2/c1-3-13-8(10-11-9(13)14)12(2)7-4-5-15-6-7/h7H,3-6H2,1-2H3,(H,11,14). The first-order valence-corrected chi connectivity index (χ1v) is 6.76. The molecule has 0 amide bonds. The maximum Gasteiger partial charge on any atom is 0.225 e. The van der Waals surface area contributed by atoms with Crippen molar-refractivity contribution in [1.29, 1.82) is 0 Å². The highest BCUT2D eigenvalue weighted by Gasteiger charge is 2.23. The van der Waals surface area contributed by atoms with E-state index in [9.17, 15) is 0 Å². The van der Waals surface area contributed by atoms with Crippen LogP contribution in [0.5, 0.6) is 0 Å². The smallest absolute Gasteiger partial charge is 0.225 e. The molecule has 84 valence electrons. The fraction of sp³-hybridized carbons (Fsp3) is 0.778. The van der Waals surface area contributed by atoms with Crippen LogP contribution >= 0.6 is 24.0 Å². The minimum atomic E-state index is 0.602. The van der Waals surface area contributed by atoms with Crippen LogP contribution in [0.15, 0.2) is 0 Å². The van der Waals surface area contributed by atoms with Gasteiger partial charge in [-0.05, 0) is 31.3 Å². The summed E-state index contributed by atoms with van der Waals surface area (Å²) in [5.41, 5.74) is 0. The van der Waals surface area contributed by atoms with Gasteiger partial charge in [0, 0.05) is 25.4 Å². The van der Waals surface area contributed by atoms with Gasteiger partial charge < -0.3 is 4.90 Å². The van der Waals surface area contributed by atoms with Crippen LogP contribution in [0.4, 0.5) is 5.95 Å². The molecule has 1 aliphatic heterocycles. The SMILES string of the molecule is CCn1c(N(C)C2CCSC2)n[nH]c1=S. The van der Waals surface area contributed by atoms with Gasteiger partial charge in [-0.2, -0.15) is 11.8 Å². The van der Waals surface area contributed by atoms with Gasteiger partial charge in [-0.25, -0.2) is 5.10 Å². The number of H-pyrrole nitrogens is 1. The van der Waals surface area contributed by atoms with Gasteiger partial charge in [-0.15, -0.1) is 5.10 Å². The Balaban J connectivity index is 2.24. The van der Waals surface area contributed by atoms with E-state index in [-0.39, 0.29) is 0 Å². The van der Waals surface area contributed by atoms with Crippen molar-refractivity contribution in [2.75, 3.05) is 23.5 Å². The van der Waals surface area contributed by atoms with Gasteiger partial charge in [0.2, 0.25) is 5.95 Å². The third-order valence-electron chi connectivity index (χ3n) is 2.82. The predicted molar refractivity (Wildman–Crippen MR) is 67.2 cm³/mol. The summed E-state index contributed by atoms with van der Waals surface area (Å²) < 4.78 is 2.75. The second-order valence-corrected chi connectivity index (χ2v) is 5.24. The van der Waals surface area contributed by atoms with Crippen LogP contribution in [0, 0.1) is 4.77 Å². The molecule has 1 aliphatic rings. The fourth-order valence-corrected chi connectivity index (χ4v) is 3.38. The molecule has 1 saturated heterocycles. The van der Waals surface area contributed by atoms with Crippen molar-refractivity contribution in [3.63, 3.8) is 0 Å². The molecule has 0 spiro atoms. The lowest BCUT2D eigenvalue weighted by atomic mass is 10.2. The highest BCUT2D eigenvalue weighted by atomic mass is 32.2. The van der Waals surface area contributed by atoms with Crippen molar-refractivity contribution in [2.24, 2.45) is 0 Å². The lowest BCUT2D eigenvalue weighted by molar-refractivity contribution is 0.645. The van der Waals surface area contributed by atoms with E-state index in [1.54, 1.807) is 0 Å². The zero-order chi connectivity index (χ0) is 10.8. The molecule has 1 atom stereocenters. The first-order valence-electron chi connectivity index (χ1n) is 5.19.